The van der Waals surface area contributed by atoms with Gasteiger partial charge < -0.3 is 10.2 Å². The number of allylic oxidation sites excluding steroid dienone is 2. The minimum Gasteiger partial charge on any atom is -0.366 e. The predicted octanol–water partition coefficient (Wildman–Crippen LogP) is 3.69. The van der Waals surface area contributed by atoms with Gasteiger partial charge in [0.05, 0.1) is 18.0 Å². The van der Waals surface area contributed by atoms with E-state index in [1.54, 1.807) is 0 Å². The summed E-state index contributed by atoms with van der Waals surface area (Å²) in [4.78, 5) is 2.42. The van der Waals surface area contributed by atoms with E-state index in [2.05, 4.69) is 47.6 Å². The van der Waals surface area contributed by atoms with Crippen molar-refractivity contribution >= 4 is 19.3 Å². The van der Waals surface area contributed by atoms with Crippen LogP contribution in [0.1, 0.15) is 0 Å². The average molecular weight is 246 g/mol. The molecule has 17 heavy (non-hydrogen) atoms. The molecular weight excluding hydrogens is 227 g/mol. The van der Waals surface area contributed by atoms with Crippen molar-refractivity contribution in [2.45, 2.75) is 0 Å². The van der Waals surface area contributed by atoms with E-state index in [1.807, 2.05) is 12.2 Å². The molecule has 0 spiro atoms. The quantitative estimate of drug-likeness (QED) is 0.608. The highest BCUT2D eigenvalue weighted by atomic mass is 31.1. The standard InChI is InChI=1S/C14H19N2P/c1-3-9-17(10-4-2)12-16-11-15-13-7-5-6-8-14(13)16/h3-8,15H,1-2,9-12H2. The summed E-state index contributed by atoms with van der Waals surface area (Å²) >= 11 is 0. The maximum atomic E-state index is 3.85. The Morgan fingerprint density at radius 1 is 1.24 bits per heavy atom. The molecule has 2 nitrogen and oxygen atoms in total. The van der Waals surface area contributed by atoms with Crippen LogP contribution in [0.5, 0.6) is 0 Å². The summed E-state index contributed by atoms with van der Waals surface area (Å²) in [6.45, 7) is 8.62. The number of fused-ring (bicyclic) bond motifs is 1. The first-order chi connectivity index (χ1) is 8.35. The molecule has 0 aliphatic carbocycles. The first-order valence-corrected chi connectivity index (χ1v) is 7.77. The lowest BCUT2D eigenvalue weighted by Crippen LogP contribution is -2.23. The van der Waals surface area contributed by atoms with E-state index in [0.717, 1.165) is 25.3 Å². The van der Waals surface area contributed by atoms with Crippen LogP contribution >= 0.6 is 7.92 Å². The van der Waals surface area contributed by atoms with Crippen molar-refractivity contribution in [3.8, 4) is 0 Å². The Kier molecular flexibility index (Phi) is 4.22. The molecule has 1 heterocycles. The van der Waals surface area contributed by atoms with Crippen LogP contribution in [0.3, 0.4) is 0 Å². The van der Waals surface area contributed by atoms with Gasteiger partial charge >= 0.3 is 0 Å². The van der Waals surface area contributed by atoms with Crippen molar-refractivity contribution in [3.05, 3.63) is 49.6 Å². The van der Waals surface area contributed by atoms with Crippen molar-refractivity contribution in [1.82, 2.24) is 0 Å². The Bertz CT molecular complexity index is 393. The fourth-order valence-electron chi connectivity index (χ4n) is 2.09. The van der Waals surface area contributed by atoms with Crippen LogP contribution in [0.4, 0.5) is 11.4 Å². The third-order valence-electron chi connectivity index (χ3n) is 2.85. The van der Waals surface area contributed by atoms with Gasteiger partial charge in [-0.15, -0.1) is 13.2 Å². The molecule has 2 rings (SSSR count). The number of para-hydroxylation sites is 2. The van der Waals surface area contributed by atoms with Crippen molar-refractivity contribution in [2.24, 2.45) is 0 Å². The zero-order valence-electron chi connectivity index (χ0n) is 10.1. The van der Waals surface area contributed by atoms with Gasteiger partial charge in [-0.1, -0.05) is 32.2 Å². The number of rotatable bonds is 6. The van der Waals surface area contributed by atoms with Crippen LogP contribution in [0.2, 0.25) is 0 Å². The summed E-state index contributed by atoms with van der Waals surface area (Å²) in [6.07, 6.45) is 7.41. The topological polar surface area (TPSA) is 15.3 Å². The zero-order chi connectivity index (χ0) is 12.1. The third kappa shape index (κ3) is 2.89. The van der Waals surface area contributed by atoms with Crippen molar-refractivity contribution in [1.29, 1.82) is 0 Å². The van der Waals surface area contributed by atoms with E-state index >= 15 is 0 Å². The van der Waals surface area contributed by atoms with Crippen molar-refractivity contribution in [2.75, 3.05) is 35.5 Å². The van der Waals surface area contributed by atoms with Gasteiger partial charge in [-0.05, 0) is 24.5 Å². The van der Waals surface area contributed by atoms with Gasteiger partial charge in [0, 0.05) is 6.29 Å². The molecular formula is C14H19N2P. The lowest BCUT2D eigenvalue weighted by atomic mass is 10.3. The highest BCUT2D eigenvalue weighted by Crippen LogP contribution is 2.40. The lowest BCUT2D eigenvalue weighted by Gasteiger charge is -2.24. The van der Waals surface area contributed by atoms with E-state index in [4.69, 9.17) is 0 Å². The molecule has 0 fully saturated rings. The first kappa shape index (κ1) is 12.2. The van der Waals surface area contributed by atoms with E-state index in [9.17, 15) is 0 Å². The molecule has 1 aromatic rings. The molecule has 1 N–H and O–H groups in total. The summed E-state index contributed by atoms with van der Waals surface area (Å²) in [6, 6.07) is 8.50. The second-order valence-electron chi connectivity index (χ2n) is 4.15. The Balaban J connectivity index is 2.04. The Morgan fingerprint density at radius 3 is 2.65 bits per heavy atom. The van der Waals surface area contributed by atoms with Crippen LogP contribution in [-0.4, -0.2) is 25.3 Å². The van der Waals surface area contributed by atoms with Crippen LogP contribution < -0.4 is 10.2 Å². The zero-order valence-corrected chi connectivity index (χ0v) is 11.0. The Morgan fingerprint density at radius 2 is 1.94 bits per heavy atom. The summed E-state index contributed by atoms with van der Waals surface area (Å²) in [5.41, 5.74) is 2.58. The molecule has 0 radical (unpaired) electrons. The largest absolute Gasteiger partial charge is 0.366 e. The number of hydrogen-bond donors (Lipinski definition) is 1. The molecule has 1 aliphatic rings. The van der Waals surface area contributed by atoms with E-state index in [1.165, 1.54) is 11.4 Å². The van der Waals surface area contributed by atoms with Crippen LogP contribution in [0.15, 0.2) is 49.6 Å². The van der Waals surface area contributed by atoms with Gasteiger partial charge in [0.1, 0.15) is 0 Å². The van der Waals surface area contributed by atoms with Gasteiger partial charge in [0.15, 0.2) is 0 Å². The molecule has 0 aromatic heterocycles. The molecule has 1 aromatic carbocycles. The van der Waals surface area contributed by atoms with Gasteiger partial charge in [0.2, 0.25) is 0 Å². The van der Waals surface area contributed by atoms with Crippen LogP contribution in [0, 0.1) is 0 Å². The van der Waals surface area contributed by atoms with Gasteiger partial charge in [-0.3, -0.25) is 0 Å². The molecule has 3 heteroatoms. The maximum absolute atomic E-state index is 3.85. The number of anilines is 2. The second kappa shape index (κ2) is 5.88. The molecule has 0 saturated carbocycles. The number of benzene rings is 1. The fraction of sp³-hybridized carbons (Fsp3) is 0.286. The van der Waals surface area contributed by atoms with E-state index in [-0.39, 0.29) is 7.92 Å². The van der Waals surface area contributed by atoms with Gasteiger partial charge in [-0.2, -0.15) is 0 Å². The molecule has 1 aliphatic heterocycles. The molecule has 0 saturated heterocycles. The highest BCUT2D eigenvalue weighted by Gasteiger charge is 2.19. The third-order valence-corrected chi connectivity index (χ3v) is 5.14. The lowest BCUT2D eigenvalue weighted by molar-refractivity contribution is 0.999. The predicted molar refractivity (Wildman–Crippen MR) is 79.3 cm³/mol. The summed E-state index contributed by atoms with van der Waals surface area (Å²) < 4.78 is 0. The van der Waals surface area contributed by atoms with E-state index in [0.29, 0.717) is 0 Å². The second-order valence-corrected chi connectivity index (χ2v) is 6.50. The van der Waals surface area contributed by atoms with Gasteiger partial charge in [0.25, 0.3) is 0 Å². The van der Waals surface area contributed by atoms with E-state index < -0.39 is 0 Å². The van der Waals surface area contributed by atoms with Crippen molar-refractivity contribution < 1.29 is 0 Å². The van der Waals surface area contributed by atoms with Crippen molar-refractivity contribution in [3.63, 3.8) is 0 Å². The van der Waals surface area contributed by atoms with Gasteiger partial charge in [-0.25, -0.2) is 0 Å². The monoisotopic (exact) mass is 246 g/mol. The summed E-state index contributed by atoms with van der Waals surface area (Å²) in [7, 11) is -0.0465. The molecule has 0 amide bonds. The fourth-order valence-corrected chi connectivity index (χ4v) is 3.93. The average Bonchev–Trinajstić information content (AvgIpc) is 2.74. The maximum Gasteiger partial charge on any atom is 0.0881 e. The van der Waals surface area contributed by atoms with Crippen LogP contribution in [-0.2, 0) is 0 Å². The molecule has 0 atom stereocenters. The molecule has 0 unspecified atom stereocenters. The number of nitrogens with zero attached hydrogens (tertiary/aromatic N) is 1. The minimum absolute atomic E-state index is 0.0465. The Hall–Kier alpha value is -1.27. The summed E-state index contributed by atoms with van der Waals surface area (Å²) in [5.74, 6) is 0. The molecule has 90 valence electrons. The smallest absolute Gasteiger partial charge is 0.0881 e. The highest BCUT2D eigenvalue weighted by molar-refractivity contribution is 7.58. The van der Waals surface area contributed by atoms with Crippen LogP contribution in [0.25, 0.3) is 0 Å². The Labute approximate surface area is 105 Å². The summed E-state index contributed by atoms with van der Waals surface area (Å²) in [5, 5.41) is 3.42. The minimum atomic E-state index is -0.0465. The first-order valence-electron chi connectivity index (χ1n) is 5.87. The SMILES string of the molecule is C=CCP(CC=C)CN1CNc2ccccc21. The molecule has 0 bridgehead atoms. The normalized spacial score (nSPS) is 13.4. The number of hydrogen-bond acceptors (Lipinski definition) is 2. The number of nitrogens with one attached hydrogen (secondary N) is 1.